The zero-order chi connectivity index (χ0) is 20.0. The van der Waals surface area contributed by atoms with Crippen LogP contribution in [0.5, 0.6) is 0 Å². The van der Waals surface area contributed by atoms with Crippen molar-refractivity contribution < 1.29 is 14.3 Å². The van der Waals surface area contributed by atoms with Crippen LogP contribution in [0.15, 0.2) is 84.9 Å². The number of hydrogen-bond acceptors (Lipinski definition) is 3. The number of carbonyl (C=O) groups excluding carboxylic acids is 2. The number of benzene rings is 3. The van der Waals surface area contributed by atoms with Crippen LogP contribution in [-0.4, -0.2) is 18.5 Å². The zero-order valence-corrected chi connectivity index (χ0v) is 16.0. The molecule has 0 unspecified atom stereocenters. The van der Waals surface area contributed by atoms with Crippen LogP contribution in [-0.2, 0) is 19.7 Å². The summed E-state index contributed by atoms with van der Waals surface area (Å²) < 4.78 is 5.29. The average Bonchev–Trinajstić information content (AvgIpc) is 2.73. The molecule has 0 fully saturated rings. The second-order valence-electron chi connectivity index (χ2n) is 7.03. The Morgan fingerprint density at radius 3 is 2.07 bits per heavy atom. The maximum Gasteiger partial charge on any atom is 0.316 e. The molecule has 0 saturated heterocycles. The number of anilines is 1. The van der Waals surface area contributed by atoms with E-state index in [1.54, 1.807) is 13.8 Å². The summed E-state index contributed by atoms with van der Waals surface area (Å²) in [4.78, 5) is 24.9. The minimum atomic E-state index is -0.830. The molecule has 0 aliphatic heterocycles. The van der Waals surface area contributed by atoms with Gasteiger partial charge in [-0.25, -0.2) is 0 Å². The van der Waals surface area contributed by atoms with Gasteiger partial charge in [-0.15, -0.1) is 0 Å². The van der Waals surface area contributed by atoms with E-state index in [0.29, 0.717) is 5.69 Å². The molecule has 142 valence electrons. The van der Waals surface area contributed by atoms with Crippen molar-refractivity contribution in [3.8, 4) is 11.1 Å². The van der Waals surface area contributed by atoms with Crippen LogP contribution in [0.25, 0.3) is 11.1 Å². The van der Waals surface area contributed by atoms with Crippen LogP contribution in [0.2, 0.25) is 0 Å². The Kier molecular flexibility index (Phi) is 5.90. The number of ether oxygens (including phenoxy) is 1. The van der Waals surface area contributed by atoms with Crippen LogP contribution in [0.4, 0.5) is 5.69 Å². The van der Waals surface area contributed by atoms with Crippen molar-refractivity contribution in [3.05, 3.63) is 90.5 Å². The quantitative estimate of drug-likeness (QED) is 0.631. The third-order valence-corrected chi connectivity index (χ3v) is 4.63. The van der Waals surface area contributed by atoms with E-state index in [-0.39, 0.29) is 12.5 Å². The van der Waals surface area contributed by atoms with Crippen molar-refractivity contribution in [2.75, 3.05) is 11.9 Å². The number of amides is 1. The van der Waals surface area contributed by atoms with Crippen molar-refractivity contribution in [2.45, 2.75) is 19.3 Å². The fourth-order valence-corrected chi connectivity index (χ4v) is 2.93. The summed E-state index contributed by atoms with van der Waals surface area (Å²) in [6.07, 6.45) is 0. The average molecular weight is 373 g/mol. The second kappa shape index (κ2) is 8.53. The first kappa shape index (κ1) is 19.4. The normalized spacial score (nSPS) is 10.9. The molecule has 28 heavy (non-hydrogen) atoms. The van der Waals surface area contributed by atoms with Gasteiger partial charge in [-0.2, -0.15) is 0 Å². The Hall–Kier alpha value is -3.40. The van der Waals surface area contributed by atoms with Gasteiger partial charge in [0, 0.05) is 11.3 Å². The predicted molar refractivity (Wildman–Crippen MR) is 111 cm³/mol. The van der Waals surface area contributed by atoms with E-state index >= 15 is 0 Å². The highest BCUT2D eigenvalue weighted by Gasteiger charge is 2.31. The van der Waals surface area contributed by atoms with Gasteiger partial charge in [-0.1, -0.05) is 78.9 Å². The first-order valence-electron chi connectivity index (χ1n) is 9.15. The molecule has 3 aromatic rings. The fraction of sp³-hybridized carbons (Fsp3) is 0.167. The lowest BCUT2D eigenvalue weighted by molar-refractivity contribution is -0.152. The van der Waals surface area contributed by atoms with Gasteiger partial charge in [0.25, 0.3) is 5.91 Å². The summed E-state index contributed by atoms with van der Waals surface area (Å²) in [5.74, 6) is -0.814. The molecular weight excluding hydrogens is 350 g/mol. The Balaban J connectivity index is 1.65. The third kappa shape index (κ3) is 4.46. The van der Waals surface area contributed by atoms with Crippen LogP contribution < -0.4 is 5.32 Å². The minimum absolute atomic E-state index is 0.335. The summed E-state index contributed by atoms with van der Waals surface area (Å²) in [5, 5.41) is 2.84. The highest BCUT2D eigenvalue weighted by molar-refractivity contribution is 5.97. The topological polar surface area (TPSA) is 55.4 Å². The van der Waals surface area contributed by atoms with E-state index in [0.717, 1.165) is 16.7 Å². The Morgan fingerprint density at radius 1 is 0.821 bits per heavy atom. The maximum atomic E-state index is 12.5. The van der Waals surface area contributed by atoms with E-state index in [4.69, 9.17) is 4.74 Å². The first-order chi connectivity index (χ1) is 13.5. The molecule has 0 aromatic heterocycles. The molecule has 0 aliphatic carbocycles. The van der Waals surface area contributed by atoms with Crippen molar-refractivity contribution in [2.24, 2.45) is 0 Å². The molecule has 0 radical (unpaired) electrons. The van der Waals surface area contributed by atoms with Crippen molar-refractivity contribution >= 4 is 17.6 Å². The van der Waals surface area contributed by atoms with Crippen LogP contribution in [0.1, 0.15) is 19.4 Å². The van der Waals surface area contributed by atoms with Gasteiger partial charge >= 0.3 is 5.97 Å². The number of nitrogens with one attached hydrogen (secondary N) is 1. The molecule has 0 heterocycles. The maximum absolute atomic E-state index is 12.5. The number of rotatable bonds is 6. The molecule has 0 aliphatic rings. The van der Waals surface area contributed by atoms with E-state index in [1.807, 2.05) is 84.9 Å². The van der Waals surface area contributed by atoms with Gasteiger partial charge in [-0.3, -0.25) is 9.59 Å². The van der Waals surface area contributed by atoms with Gasteiger partial charge in [0.05, 0.1) is 5.41 Å². The SMILES string of the molecule is CC(C)(C(=O)OCC(=O)Nc1ccccc1-c1ccccc1)c1ccccc1. The molecule has 0 bridgehead atoms. The van der Waals surface area contributed by atoms with E-state index in [9.17, 15) is 9.59 Å². The molecule has 0 spiro atoms. The highest BCUT2D eigenvalue weighted by Crippen LogP contribution is 2.28. The Morgan fingerprint density at radius 2 is 1.39 bits per heavy atom. The molecular formula is C24H23NO3. The van der Waals surface area contributed by atoms with Gasteiger partial charge in [-0.05, 0) is 31.0 Å². The molecule has 1 N–H and O–H groups in total. The molecule has 1 amide bonds. The predicted octanol–water partition coefficient (Wildman–Crippen LogP) is 4.81. The lowest BCUT2D eigenvalue weighted by Gasteiger charge is -2.23. The fourth-order valence-electron chi connectivity index (χ4n) is 2.93. The number of hydrogen-bond donors (Lipinski definition) is 1. The smallest absolute Gasteiger partial charge is 0.316 e. The lowest BCUT2D eigenvalue weighted by Crippen LogP contribution is -2.33. The van der Waals surface area contributed by atoms with E-state index in [2.05, 4.69) is 5.32 Å². The summed E-state index contributed by atoms with van der Waals surface area (Å²) >= 11 is 0. The van der Waals surface area contributed by atoms with Crippen molar-refractivity contribution in [3.63, 3.8) is 0 Å². The summed E-state index contributed by atoms with van der Waals surface area (Å²) in [6.45, 7) is 3.23. The molecule has 0 saturated carbocycles. The van der Waals surface area contributed by atoms with Gasteiger partial charge in [0.15, 0.2) is 6.61 Å². The summed E-state index contributed by atoms with van der Waals surface area (Å²) in [6, 6.07) is 26.7. The zero-order valence-electron chi connectivity index (χ0n) is 16.0. The molecule has 3 aromatic carbocycles. The Bertz CT molecular complexity index is 950. The molecule has 4 nitrogen and oxygen atoms in total. The van der Waals surface area contributed by atoms with Gasteiger partial charge in [0.2, 0.25) is 0 Å². The minimum Gasteiger partial charge on any atom is -0.455 e. The van der Waals surface area contributed by atoms with Crippen molar-refractivity contribution in [1.82, 2.24) is 0 Å². The molecule has 3 rings (SSSR count). The van der Waals surface area contributed by atoms with E-state index in [1.165, 1.54) is 0 Å². The standard InChI is InChI=1S/C24H23NO3/c1-24(2,19-13-7-4-8-14-19)23(27)28-17-22(26)25-21-16-10-9-15-20(21)18-11-5-3-6-12-18/h3-16H,17H2,1-2H3,(H,25,26). The number of para-hydroxylation sites is 1. The molecule has 4 heteroatoms. The second-order valence-corrected chi connectivity index (χ2v) is 7.03. The number of carbonyl (C=O) groups is 2. The molecule has 0 atom stereocenters. The first-order valence-corrected chi connectivity index (χ1v) is 9.15. The van der Waals surface area contributed by atoms with Crippen LogP contribution in [0.3, 0.4) is 0 Å². The highest BCUT2D eigenvalue weighted by atomic mass is 16.5. The lowest BCUT2D eigenvalue weighted by atomic mass is 9.85. The van der Waals surface area contributed by atoms with Crippen LogP contribution in [0, 0.1) is 0 Å². The van der Waals surface area contributed by atoms with Gasteiger partial charge < -0.3 is 10.1 Å². The summed E-state index contributed by atoms with van der Waals surface area (Å²) in [5.41, 5.74) is 2.60. The van der Waals surface area contributed by atoms with E-state index < -0.39 is 11.4 Å². The Labute approximate surface area is 165 Å². The third-order valence-electron chi connectivity index (χ3n) is 4.63. The monoisotopic (exact) mass is 373 g/mol. The largest absolute Gasteiger partial charge is 0.455 e. The summed E-state index contributed by atoms with van der Waals surface area (Å²) in [7, 11) is 0. The van der Waals surface area contributed by atoms with Gasteiger partial charge in [0.1, 0.15) is 0 Å². The number of esters is 1. The van der Waals surface area contributed by atoms with Crippen molar-refractivity contribution in [1.29, 1.82) is 0 Å². The van der Waals surface area contributed by atoms with Crippen LogP contribution >= 0.6 is 0 Å².